The first kappa shape index (κ1) is 13.0. The summed E-state index contributed by atoms with van der Waals surface area (Å²) in [5.41, 5.74) is 7.19. The molecule has 0 fully saturated rings. The van der Waals surface area contributed by atoms with Crippen LogP contribution in [0.3, 0.4) is 0 Å². The molecule has 18 heavy (non-hydrogen) atoms. The highest BCUT2D eigenvalue weighted by Crippen LogP contribution is 2.28. The van der Waals surface area contributed by atoms with Crippen LogP contribution in [0, 0.1) is 0 Å². The Morgan fingerprint density at radius 1 is 1.44 bits per heavy atom. The molecule has 0 saturated heterocycles. The fourth-order valence-corrected chi connectivity index (χ4v) is 1.90. The van der Waals surface area contributed by atoms with Crippen LogP contribution in [0.1, 0.15) is 12.7 Å². The third kappa shape index (κ3) is 3.08. The summed E-state index contributed by atoms with van der Waals surface area (Å²) < 4.78 is 11.3. The average Bonchev–Trinajstić information content (AvgIpc) is 2.81. The van der Waals surface area contributed by atoms with Crippen LogP contribution in [0.15, 0.2) is 27.2 Å². The lowest BCUT2D eigenvalue weighted by molar-refractivity contribution is 0.149. The lowest BCUT2D eigenvalue weighted by Gasteiger charge is -1.99. The van der Waals surface area contributed by atoms with Crippen LogP contribution in [-0.4, -0.2) is 23.4 Å². The highest BCUT2D eigenvalue weighted by atomic mass is 79.9. The molecule has 1 aromatic heterocycles. The van der Waals surface area contributed by atoms with Crippen molar-refractivity contribution < 1.29 is 9.26 Å². The number of anilines is 1. The van der Waals surface area contributed by atoms with Crippen molar-refractivity contribution in [2.75, 3.05) is 18.9 Å². The molecule has 1 aromatic carbocycles. The van der Waals surface area contributed by atoms with Crippen LogP contribution in [0.4, 0.5) is 5.69 Å². The molecule has 0 radical (unpaired) electrons. The average molecular weight is 312 g/mol. The molecule has 0 atom stereocenters. The van der Waals surface area contributed by atoms with Gasteiger partial charge in [0.25, 0.3) is 5.89 Å². The summed E-state index contributed by atoms with van der Waals surface area (Å²) >= 11 is 3.43. The number of hydrogen-bond donors (Lipinski definition) is 1. The van der Waals surface area contributed by atoms with E-state index in [9.17, 15) is 0 Å². The first-order valence-electron chi connectivity index (χ1n) is 5.66. The van der Waals surface area contributed by atoms with E-state index >= 15 is 0 Å². The van der Waals surface area contributed by atoms with Gasteiger partial charge < -0.3 is 15.0 Å². The summed E-state index contributed by atoms with van der Waals surface area (Å²) in [5, 5.41) is 3.91. The molecule has 5 nitrogen and oxygen atoms in total. The number of nitrogens with zero attached hydrogens (tertiary/aromatic N) is 2. The largest absolute Gasteiger partial charge is 0.399 e. The minimum Gasteiger partial charge on any atom is -0.399 e. The van der Waals surface area contributed by atoms with Crippen LogP contribution < -0.4 is 5.73 Å². The Balaban J connectivity index is 2.16. The third-order valence-corrected chi connectivity index (χ3v) is 3.05. The molecule has 2 rings (SSSR count). The number of benzene rings is 1. The maximum Gasteiger partial charge on any atom is 0.259 e. The predicted octanol–water partition coefficient (Wildman–Crippen LogP) is 2.66. The Labute approximate surface area is 113 Å². The number of aromatic nitrogens is 2. The van der Waals surface area contributed by atoms with Crippen molar-refractivity contribution in [3.05, 3.63) is 28.5 Å². The van der Waals surface area contributed by atoms with Gasteiger partial charge >= 0.3 is 0 Å². The summed E-state index contributed by atoms with van der Waals surface area (Å²) in [6.07, 6.45) is 0.636. The van der Waals surface area contributed by atoms with Gasteiger partial charge in [-0.3, -0.25) is 0 Å². The van der Waals surface area contributed by atoms with E-state index in [1.165, 1.54) is 0 Å². The van der Waals surface area contributed by atoms with Gasteiger partial charge in [-0.2, -0.15) is 4.98 Å². The van der Waals surface area contributed by atoms with Crippen molar-refractivity contribution in [1.29, 1.82) is 0 Å². The van der Waals surface area contributed by atoms with Crippen LogP contribution in [0.5, 0.6) is 0 Å². The molecule has 0 aliphatic heterocycles. The highest BCUT2D eigenvalue weighted by Gasteiger charge is 2.12. The van der Waals surface area contributed by atoms with Gasteiger partial charge in [0, 0.05) is 23.2 Å². The topological polar surface area (TPSA) is 74.2 Å². The van der Waals surface area contributed by atoms with Crippen molar-refractivity contribution in [3.8, 4) is 11.5 Å². The SMILES string of the molecule is CCOCCc1noc(-c2cc(N)ccc2Br)n1. The van der Waals surface area contributed by atoms with E-state index in [0.717, 1.165) is 10.0 Å². The summed E-state index contributed by atoms with van der Waals surface area (Å²) in [6.45, 7) is 3.23. The molecule has 96 valence electrons. The molecule has 6 heteroatoms. The number of halogens is 1. The number of nitrogens with two attached hydrogens (primary N) is 1. The Bertz CT molecular complexity index is 528. The second kappa shape index (κ2) is 5.97. The van der Waals surface area contributed by atoms with Crippen molar-refractivity contribution >= 4 is 21.6 Å². The summed E-state index contributed by atoms with van der Waals surface area (Å²) in [4.78, 5) is 4.31. The van der Waals surface area contributed by atoms with Gasteiger partial charge in [-0.15, -0.1) is 0 Å². The van der Waals surface area contributed by atoms with E-state index < -0.39 is 0 Å². The predicted molar refractivity (Wildman–Crippen MR) is 72.0 cm³/mol. The number of rotatable bonds is 5. The smallest absolute Gasteiger partial charge is 0.259 e. The molecule has 0 unspecified atom stereocenters. The highest BCUT2D eigenvalue weighted by molar-refractivity contribution is 9.10. The van der Waals surface area contributed by atoms with Crippen molar-refractivity contribution in [1.82, 2.24) is 10.1 Å². The number of ether oxygens (including phenoxy) is 1. The molecular formula is C12H14BrN3O2. The van der Waals surface area contributed by atoms with Crippen molar-refractivity contribution in [2.24, 2.45) is 0 Å². The Morgan fingerprint density at radius 2 is 2.28 bits per heavy atom. The van der Waals surface area contributed by atoms with Crippen LogP contribution >= 0.6 is 15.9 Å². The lowest BCUT2D eigenvalue weighted by Crippen LogP contribution is -1.99. The van der Waals surface area contributed by atoms with Crippen LogP contribution in [0.2, 0.25) is 0 Å². The van der Waals surface area contributed by atoms with E-state index in [-0.39, 0.29) is 0 Å². The first-order chi connectivity index (χ1) is 8.70. The van der Waals surface area contributed by atoms with Gasteiger partial charge in [0.1, 0.15) is 0 Å². The standard InChI is InChI=1S/C12H14BrN3O2/c1-2-17-6-5-11-15-12(18-16-11)9-7-8(14)3-4-10(9)13/h3-4,7H,2,5-6,14H2,1H3. The molecule has 2 N–H and O–H groups in total. The fourth-order valence-electron chi connectivity index (χ4n) is 1.48. The van der Waals surface area contributed by atoms with Gasteiger partial charge in [-0.1, -0.05) is 5.16 Å². The molecule has 0 amide bonds. The zero-order chi connectivity index (χ0) is 13.0. The molecule has 2 aromatic rings. The monoisotopic (exact) mass is 311 g/mol. The second-order valence-corrected chi connectivity index (χ2v) is 4.56. The van der Waals surface area contributed by atoms with E-state index in [4.69, 9.17) is 15.0 Å². The van der Waals surface area contributed by atoms with Gasteiger partial charge in [0.05, 0.1) is 12.2 Å². The molecule has 0 spiro atoms. The van der Waals surface area contributed by atoms with Crippen molar-refractivity contribution in [2.45, 2.75) is 13.3 Å². The van der Waals surface area contributed by atoms with Crippen LogP contribution in [-0.2, 0) is 11.2 Å². The molecule has 0 aliphatic rings. The van der Waals surface area contributed by atoms with Crippen molar-refractivity contribution in [3.63, 3.8) is 0 Å². The molecule has 0 saturated carbocycles. The maximum absolute atomic E-state index is 5.74. The molecule has 1 heterocycles. The fraction of sp³-hybridized carbons (Fsp3) is 0.333. The van der Waals surface area contributed by atoms with Crippen LogP contribution in [0.25, 0.3) is 11.5 Å². The molecule has 0 bridgehead atoms. The second-order valence-electron chi connectivity index (χ2n) is 3.70. The Hall–Kier alpha value is -1.40. The van der Waals surface area contributed by atoms with Gasteiger partial charge in [-0.05, 0) is 41.1 Å². The quantitative estimate of drug-likeness (QED) is 0.678. The number of hydrogen-bond acceptors (Lipinski definition) is 5. The zero-order valence-electron chi connectivity index (χ0n) is 10.0. The van der Waals surface area contributed by atoms with Gasteiger partial charge in [0.2, 0.25) is 0 Å². The Morgan fingerprint density at radius 3 is 3.06 bits per heavy atom. The third-order valence-electron chi connectivity index (χ3n) is 2.36. The van der Waals surface area contributed by atoms with E-state index in [1.54, 1.807) is 12.1 Å². The van der Waals surface area contributed by atoms with E-state index in [0.29, 0.717) is 37.0 Å². The maximum atomic E-state index is 5.74. The first-order valence-corrected chi connectivity index (χ1v) is 6.45. The number of nitrogen functional groups attached to an aromatic ring is 1. The zero-order valence-corrected chi connectivity index (χ0v) is 11.6. The Kier molecular flexibility index (Phi) is 4.33. The van der Waals surface area contributed by atoms with Gasteiger partial charge in [-0.25, -0.2) is 0 Å². The van der Waals surface area contributed by atoms with Gasteiger partial charge in [0.15, 0.2) is 5.82 Å². The molecule has 0 aliphatic carbocycles. The normalized spacial score (nSPS) is 10.8. The minimum atomic E-state index is 0.459. The minimum absolute atomic E-state index is 0.459. The lowest BCUT2D eigenvalue weighted by atomic mass is 10.2. The summed E-state index contributed by atoms with van der Waals surface area (Å²) in [5.74, 6) is 1.09. The van der Waals surface area contributed by atoms with E-state index in [2.05, 4.69) is 26.1 Å². The summed E-state index contributed by atoms with van der Waals surface area (Å²) in [6, 6.07) is 5.46. The summed E-state index contributed by atoms with van der Waals surface area (Å²) in [7, 11) is 0. The van der Waals surface area contributed by atoms with E-state index in [1.807, 2.05) is 13.0 Å². The molecular weight excluding hydrogens is 298 g/mol.